The van der Waals surface area contributed by atoms with Crippen molar-refractivity contribution >= 4 is 29.3 Å². The molecule has 4 N–H and O–H groups in total. The number of hydrogen-bond donors (Lipinski definition) is 4. The Morgan fingerprint density at radius 1 is 1.30 bits per heavy atom. The first-order valence-electron chi connectivity index (χ1n) is 5.99. The van der Waals surface area contributed by atoms with E-state index in [0.29, 0.717) is 6.42 Å². The number of urea groups is 1. The minimum atomic E-state index is -1.45. The van der Waals surface area contributed by atoms with Crippen LogP contribution in [0.1, 0.15) is 30.7 Å². The maximum atomic E-state index is 11.7. The Balaban J connectivity index is 2.60. The molecule has 8 heteroatoms. The van der Waals surface area contributed by atoms with Crippen LogP contribution >= 0.6 is 11.3 Å². The summed E-state index contributed by atoms with van der Waals surface area (Å²) >= 11 is 1.48. The van der Waals surface area contributed by atoms with E-state index in [0.717, 1.165) is 4.88 Å². The fourth-order valence-electron chi connectivity index (χ4n) is 1.60. The molecule has 0 aliphatic rings. The van der Waals surface area contributed by atoms with E-state index in [-0.39, 0.29) is 6.04 Å². The molecule has 0 fully saturated rings. The Kier molecular flexibility index (Phi) is 5.98. The Morgan fingerprint density at radius 3 is 2.45 bits per heavy atom. The highest BCUT2D eigenvalue weighted by Crippen LogP contribution is 2.21. The van der Waals surface area contributed by atoms with E-state index in [4.69, 9.17) is 10.2 Å². The zero-order valence-corrected chi connectivity index (χ0v) is 11.6. The maximum absolute atomic E-state index is 11.7. The van der Waals surface area contributed by atoms with Crippen molar-refractivity contribution in [3.63, 3.8) is 0 Å². The summed E-state index contributed by atoms with van der Waals surface area (Å²) in [5.74, 6) is -2.67. The average Bonchev–Trinajstić information content (AvgIpc) is 2.88. The highest BCUT2D eigenvalue weighted by atomic mass is 32.1. The molecule has 1 rings (SSSR count). The van der Waals surface area contributed by atoms with Crippen LogP contribution in [0.2, 0.25) is 0 Å². The molecule has 1 unspecified atom stereocenters. The molecule has 0 aliphatic carbocycles. The number of carbonyl (C=O) groups is 3. The van der Waals surface area contributed by atoms with Crippen LogP contribution < -0.4 is 10.6 Å². The highest BCUT2D eigenvalue weighted by molar-refractivity contribution is 7.10. The SMILES string of the molecule is CCC(NC(=O)N[C@@H](CC(=O)O)C(=O)O)c1cccs1. The van der Waals surface area contributed by atoms with Gasteiger partial charge in [0.05, 0.1) is 12.5 Å². The predicted octanol–water partition coefficient (Wildman–Crippen LogP) is 1.43. The summed E-state index contributed by atoms with van der Waals surface area (Å²) in [6, 6.07) is 1.35. The average molecular weight is 300 g/mol. The van der Waals surface area contributed by atoms with E-state index in [1.807, 2.05) is 24.4 Å². The first kappa shape index (κ1) is 16.0. The molecule has 0 spiro atoms. The van der Waals surface area contributed by atoms with Crippen molar-refractivity contribution < 1.29 is 24.6 Å². The molecule has 20 heavy (non-hydrogen) atoms. The standard InChI is InChI=1S/C12H16N2O5S/c1-2-7(9-4-3-5-20-9)13-12(19)14-8(11(17)18)6-10(15)16/h3-5,7-8H,2,6H2,1H3,(H,15,16)(H,17,18)(H2,13,14,19)/t7?,8-/m0/s1. The molecule has 0 bridgehead atoms. The lowest BCUT2D eigenvalue weighted by atomic mass is 10.2. The summed E-state index contributed by atoms with van der Waals surface area (Å²) < 4.78 is 0. The normalized spacial score (nSPS) is 13.2. The summed E-state index contributed by atoms with van der Waals surface area (Å²) in [4.78, 5) is 34.1. The van der Waals surface area contributed by atoms with E-state index in [1.54, 1.807) is 0 Å². The monoisotopic (exact) mass is 300 g/mol. The van der Waals surface area contributed by atoms with Crippen LogP contribution in [0, 0.1) is 0 Å². The minimum absolute atomic E-state index is 0.228. The molecular weight excluding hydrogens is 284 g/mol. The van der Waals surface area contributed by atoms with Gasteiger partial charge < -0.3 is 20.8 Å². The van der Waals surface area contributed by atoms with Gasteiger partial charge in [0.2, 0.25) is 0 Å². The molecule has 0 aliphatic heterocycles. The molecule has 2 amide bonds. The van der Waals surface area contributed by atoms with Crippen LogP contribution in [0.15, 0.2) is 17.5 Å². The maximum Gasteiger partial charge on any atom is 0.326 e. The van der Waals surface area contributed by atoms with Gasteiger partial charge in [0.15, 0.2) is 0 Å². The van der Waals surface area contributed by atoms with Crippen molar-refractivity contribution in [3.8, 4) is 0 Å². The number of aliphatic carboxylic acids is 2. The van der Waals surface area contributed by atoms with Gasteiger partial charge in [-0.25, -0.2) is 9.59 Å². The van der Waals surface area contributed by atoms with Gasteiger partial charge in [0, 0.05) is 4.88 Å². The fourth-order valence-corrected chi connectivity index (χ4v) is 2.46. The van der Waals surface area contributed by atoms with Crippen molar-refractivity contribution in [2.75, 3.05) is 0 Å². The zero-order chi connectivity index (χ0) is 15.1. The van der Waals surface area contributed by atoms with E-state index in [2.05, 4.69) is 10.6 Å². The smallest absolute Gasteiger partial charge is 0.326 e. The van der Waals surface area contributed by atoms with Gasteiger partial charge in [0.25, 0.3) is 0 Å². The van der Waals surface area contributed by atoms with Gasteiger partial charge >= 0.3 is 18.0 Å². The number of rotatable bonds is 7. The summed E-state index contributed by atoms with van der Waals surface area (Å²) in [5, 5.41) is 24.1. The quantitative estimate of drug-likeness (QED) is 0.608. The second kappa shape index (κ2) is 7.49. The van der Waals surface area contributed by atoms with E-state index < -0.39 is 30.4 Å². The summed E-state index contributed by atoms with van der Waals surface area (Å²) in [7, 11) is 0. The topological polar surface area (TPSA) is 116 Å². The highest BCUT2D eigenvalue weighted by Gasteiger charge is 2.24. The Hall–Kier alpha value is -2.09. The molecule has 0 radical (unpaired) electrons. The third-order valence-electron chi connectivity index (χ3n) is 2.58. The molecule has 1 heterocycles. The molecule has 1 aromatic heterocycles. The largest absolute Gasteiger partial charge is 0.481 e. The zero-order valence-electron chi connectivity index (χ0n) is 10.8. The number of carboxylic acids is 2. The number of nitrogens with one attached hydrogen (secondary N) is 2. The van der Waals surface area contributed by atoms with Gasteiger partial charge in [-0.3, -0.25) is 4.79 Å². The summed E-state index contributed by atoms with van der Waals surface area (Å²) in [6.45, 7) is 1.89. The third kappa shape index (κ3) is 4.88. The van der Waals surface area contributed by atoms with Gasteiger partial charge in [-0.15, -0.1) is 11.3 Å². The van der Waals surface area contributed by atoms with Gasteiger partial charge in [-0.05, 0) is 17.9 Å². The number of carbonyl (C=O) groups excluding carboxylic acids is 1. The second-order valence-electron chi connectivity index (χ2n) is 4.08. The van der Waals surface area contributed by atoms with Crippen molar-refractivity contribution in [1.29, 1.82) is 0 Å². The van der Waals surface area contributed by atoms with Crippen LogP contribution in [0.25, 0.3) is 0 Å². The number of hydrogen-bond acceptors (Lipinski definition) is 4. The molecule has 2 atom stereocenters. The van der Waals surface area contributed by atoms with Crippen molar-refractivity contribution in [2.45, 2.75) is 31.8 Å². The van der Waals surface area contributed by atoms with Gasteiger partial charge in [0.1, 0.15) is 6.04 Å². The van der Waals surface area contributed by atoms with Crippen molar-refractivity contribution in [2.24, 2.45) is 0 Å². The van der Waals surface area contributed by atoms with Crippen molar-refractivity contribution in [1.82, 2.24) is 10.6 Å². The summed E-state index contributed by atoms with van der Waals surface area (Å²) in [6.07, 6.45) is -0.0247. The van der Waals surface area contributed by atoms with E-state index in [9.17, 15) is 14.4 Å². The van der Waals surface area contributed by atoms with E-state index >= 15 is 0 Å². The number of carboxylic acid groups (broad SMARTS) is 2. The fraction of sp³-hybridized carbons (Fsp3) is 0.417. The van der Waals surface area contributed by atoms with Crippen LogP contribution in [0.5, 0.6) is 0 Å². The second-order valence-corrected chi connectivity index (χ2v) is 5.06. The molecule has 7 nitrogen and oxygen atoms in total. The lowest BCUT2D eigenvalue weighted by molar-refractivity contribution is -0.145. The third-order valence-corrected chi connectivity index (χ3v) is 3.57. The molecule has 0 aromatic carbocycles. The lowest BCUT2D eigenvalue weighted by Crippen LogP contribution is -2.47. The Bertz CT molecular complexity index is 474. The van der Waals surface area contributed by atoms with Gasteiger partial charge in [-0.2, -0.15) is 0 Å². The van der Waals surface area contributed by atoms with Crippen molar-refractivity contribution in [3.05, 3.63) is 22.4 Å². The number of thiophene rings is 1. The molecule has 1 aromatic rings. The lowest BCUT2D eigenvalue weighted by Gasteiger charge is -2.18. The molecule has 0 saturated heterocycles. The number of amides is 2. The Labute approximate surface area is 119 Å². The van der Waals surface area contributed by atoms with Crippen LogP contribution in [-0.2, 0) is 9.59 Å². The van der Waals surface area contributed by atoms with Crippen LogP contribution in [0.3, 0.4) is 0 Å². The molecule has 0 saturated carbocycles. The van der Waals surface area contributed by atoms with E-state index in [1.165, 1.54) is 11.3 Å². The van der Waals surface area contributed by atoms with Crippen LogP contribution in [-0.4, -0.2) is 34.2 Å². The Morgan fingerprint density at radius 2 is 2.00 bits per heavy atom. The minimum Gasteiger partial charge on any atom is -0.481 e. The first-order valence-corrected chi connectivity index (χ1v) is 6.87. The molecule has 110 valence electrons. The predicted molar refractivity (Wildman–Crippen MR) is 72.7 cm³/mol. The van der Waals surface area contributed by atoms with Gasteiger partial charge in [-0.1, -0.05) is 13.0 Å². The first-order chi connectivity index (χ1) is 9.43. The molecular formula is C12H16N2O5S. The van der Waals surface area contributed by atoms with Crippen LogP contribution in [0.4, 0.5) is 4.79 Å². The summed E-state index contributed by atoms with van der Waals surface area (Å²) in [5.41, 5.74) is 0.